The molecule has 0 aliphatic carbocycles. The van der Waals surface area contributed by atoms with Crippen LogP contribution in [0.15, 0.2) is 36.4 Å². The maximum absolute atomic E-state index is 12.5. The van der Waals surface area contributed by atoms with Gasteiger partial charge in [-0.05, 0) is 56.7 Å². The fourth-order valence-electron chi connectivity index (χ4n) is 2.22. The third-order valence-electron chi connectivity index (χ3n) is 3.51. The number of hydrogen-bond donors (Lipinski definition) is 1. The molecule has 1 amide bonds. The molecule has 0 fully saturated rings. The second-order valence-corrected chi connectivity index (χ2v) is 5.72. The van der Waals surface area contributed by atoms with E-state index < -0.39 is 0 Å². The van der Waals surface area contributed by atoms with Gasteiger partial charge >= 0.3 is 0 Å². The molecule has 24 heavy (non-hydrogen) atoms. The molecule has 5 heteroatoms. The maximum atomic E-state index is 12.5. The fraction of sp³-hybridized carbons (Fsp3) is 0.316. The van der Waals surface area contributed by atoms with Crippen molar-refractivity contribution >= 4 is 23.2 Å². The van der Waals surface area contributed by atoms with Gasteiger partial charge in [-0.1, -0.05) is 17.7 Å². The van der Waals surface area contributed by atoms with Gasteiger partial charge in [0, 0.05) is 28.4 Å². The van der Waals surface area contributed by atoms with Crippen molar-refractivity contribution in [3.8, 4) is 5.75 Å². The Labute approximate surface area is 147 Å². The van der Waals surface area contributed by atoms with Crippen LogP contribution in [0, 0.1) is 6.92 Å². The SMILES string of the molecule is CCOCc1cc(C(=O)Nc2ccc(C)c(Cl)c2)ccc1OCC. The molecule has 0 bridgehead atoms. The van der Waals surface area contributed by atoms with Gasteiger partial charge < -0.3 is 14.8 Å². The van der Waals surface area contributed by atoms with Gasteiger partial charge in [0.25, 0.3) is 5.91 Å². The van der Waals surface area contributed by atoms with Crippen LogP contribution in [0.3, 0.4) is 0 Å². The largest absolute Gasteiger partial charge is 0.494 e. The highest BCUT2D eigenvalue weighted by Gasteiger charge is 2.11. The highest BCUT2D eigenvalue weighted by atomic mass is 35.5. The van der Waals surface area contributed by atoms with Gasteiger partial charge in [-0.25, -0.2) is 0 Å². The van der Waals surface area contributed by atoms with Crippen molar-refractivity contribution in [2.45, 2.75) is 27.4 Å². The van der Waals surface area contributed by atoms with Gasteiger partial charge in [-0.2, -0.15) is 0 Å². The summed E-state index contributed by atoms with van der Waals surface area (Å²) in [6.07, 6.45) is 0. The maximum Gasteiger partial charge on any atom is 0.255 e. The number of nitrogens with one attached hydrogen (secondary N) is 1. The van der Waals surface area contributed by atoms with Crippen molar-refractivity contribution in [2.24, 2.45) is 0 Å². The number of carbonyl (C=O) groups excluding carboxylic acids is 1. The van der Waals surface area contributed by atoms with Crippen molar-refractivity contribution in [1.82, 2.24) is 0 Å². The second kappa shape index (κ2) is 8.71. The molecule has 0 radical (unpaired) electrons. The summed E-state index contributed by atoms with van der Waals surface area (Å²) >= 11 is 6.10. The Kier molecular flexibility index (Phi) is 6.64. The number of carbonyl (C=O) groups is 1. The van der Waals surface area contributed by atoms with Gasteiger partial charge in [0.1, 0.15) is 5.75 Å². The molecule has 0 aliphatic rings. The zero-order chi connectivity index (χ0) is 17.5. The Morgan fingerprint density at radius 3 is 2.58 bits per heavy atom. The highest BCUT2D eigenvalue weighted by Crippen LogP contribution is 2.23. The predicted octanol–water partition coefficient (Wildman–Crippen LogP) is 4.84. The van der Waals surface area contributed by atoms with Crippen molar-refractivity contribution in [3.05, 3.63) is 58.1 Å². The van der Waals surface area contributed by atoms with E-state index in [1.807, 2.05) is 32.9 Å². The molecular weight excluding hydrogens is 326 g/mol. The first-order chi connectivity index (χ1) is 11.5. The number of halogens is 1. The van der Waals surface area contributed by atoms with E-state index in [0.717, 1.165) is 16.9 Å². The average molecular weight is 348 g/mol. The minimum Gasteiger partial charge on any atom is -0.494 e. The Morgan fingerprint density at radius 2 is 1.92 bits per heavy atom. The van der Waals surface area contributed by atoms with Crippen LogP contribution in [0.2, 0.25) is 5.02 Å². The molecule has 0 atom stereocenters. The molecular formula is C19H22ClNO3. The van der Waals surface area contributed by atoms with Gasteiger partial charge in [-0.3, -0.25) is 4.79 Å². The predicted molar refractivity (Wildman–Crippen MR) is 97.1 cm³/mol. The highest BCUT2D eigenvalue weighted by molar-refractivity contribution is 6.31. The van der Waals surface area contributed by atoms with Crippen LogP contribution in [0.4, 0.5) is 5.69 Å². The number of ether oxygens (including phenoxy) is 2. The lowest BCUT2D eigenvalue weighted by Gasteiger charge is -2.13. The van der Waals surface area contributed by atoms with Crippen LogP contribution in [0.1, 0.15) is 35.3 Å². The van der Waals surface area contributed by atoms with Crippen LogP contribution < -0.4 is 10.1 Å². The van der Waals surface area contributed by atoms with Crippen LogP contribution in [0.5, 0.6) is 5.75 Å². The molecule has 2 rings (SSSR count). The summed E-state index contributed by atoms with van der Waals surface area (Å²) in [5.41, 5.74) is 3.03. The van der Waals surface area contributed by atoms with Crippen molar-refractivity contribution in [3.63, 3.8) is 0 Å². The second-order valence-electron chi connectivity index (χ2n) is 5.31. The lowest BCUT2D eigenvalue weighted by Crippen LogP contribution is -2.13. The third kappa shape index (κ3) is 4.73. The molecule has 4 nitrogen and oxygen atoms in total. The summed E-state index contributed by atoms with van der Waals surface area (Å²) in [6.45, 7) is 7.34. The number of rotatable bonds is 7. The standard InChI is InChI=1S/C19H22ClNO3/c1-4-23-12-15-10-14(7-9-18(15)24-5-2)19(22)21-16-8-6-13(3)17(20)11-16/h6-11H,4-5,12H2,1-3H3,(H,21,22). The number of amides is 1. The summed E-state index contributed by atoms with van der Waals surface area (Å²) in [5, 5.41) is 3.48. The van der Waals surface area contributed by atoms with E-state index in [0.29, 0.717) is 36.1 Å². The molecule has 0 unspecified atom stereocenters. The van der Waals surface area contributed by atoms with Crippen LogP contribution in [-0.4, -0.2) is 19.1 Å². The van der Waals surface area contributed by atoms with E-state index in [-0.39, 0.29) is 5.91 Å². The lowest BCUT2D eigenvalue weighted by molar-refractivity contribution is 0.102. The van der Waals surface area contributed by atoms with E-state index in [2.05, 4.69) is 5.32 Å². The molecule has 0 aliphatic heterocycles. The zero-order valence-electron chi connectivity index (χ0n) is 14.2. The molecule has 0 aromatic heterocycles. The van der Waals surface area contributed by atoms with Gasteiger partial charge in [0.2, 0.25) is 0 Å². The van der Waals surface area contributed by atoms with Gasteiger partial charge in [-0.15, -0.1) is 0 Å². The number of benzene rings is 2. The van der Waals surface area contributed by atoms with Crippen molar-refractivity contribution in [1.29, 1.82) is 0 Å². The molecule has 2 aromatic carbocycles. The summed E-state index contributed by atoms with van der Waals surface area (Å²) < 4.78 is 11.0. The summed E-state index contributed by atoms with van der Waals surface area (Å²) in [7, 11) is 0. The van der Waals surface area contributed by atoms with Gasteiger partial charge in [0.05, 0.1) is 13.2 Å². The smallest absolute Gasteiger partial charge is 0.255 e. The number of anilines is 1. The van der Waals surface area contributed by atoms with Crippen LogP contribution in [-0.2, 0) is 11.3 Å². The first kappa shape index (κ1) is 18.3. The van der Waals surface area contributed by atoms with E-state index in [4.69, 9.17) is 21.1 Å². The Morgan fingerprint density at radius 1 is 1.12 bits per heavy atom. The molecule has 2 aromatic rings. The quantitative estimate of drug-likeness (QED) is 0.779. The van der Waals surface area contributed by atoms with Crippen LogP contribution >= 0.6 is 11.6 Å². The van der Waals surface area contributed by atoms with E-state index in [9.17, 15) is 4.79 Å². The molecule has 128 valence electrons. The van der Waals surface area contributed by atoms with Crippen molar-refractivity contribution < 1.29 is 14.3 Å². The van der Waals surface area contributed by atoms with Crippen molar-refractivity contribution in [2.75, 3.05) is 18.5 Å². The van der Waals surface area contributed by atoms with Gasteiger partial charge in [0.15, 0.2) is 0 Å². The summed E-state index contributed by atoms with van der Waals surface area (Å²) in [5.74, 6) is 0.539. The normalized spacial score (nSPS) is 10.5. The van der Waals surface area contributed by atoms with E-state index in [1.165, 1.54) is 0 Å². The lowest BCUT2D eigenvalue weighted by atomic mass is 10.1. The minimum absolute atomic E-state index is 0.198. The molecule has 0 saturated heterocycles. The van der Waals surface area contributed by atoms with E-state index >= 15 is 0 Å². The molecule has 0 heterocycles. The fourth-order valence-corrected chi connectivity index (χ4v) is 2.40. The molecule has 1 N–H and O–H groups in total. The Hall–Kier alpha value is -2.04. The molecule has 0 saturated carbocycles. The topological polar surface area (TPSA) is 47.6 Å². The van der Waals surface area contributed by atoms with E-state index in [1.54, 1.807) is 24.3 Å². The van der Waals surface area contributed by atoms with Crippen LogP contribution in [0.25, 0.3) is 0 Å². The first-order valence-electron chi connectivity index (χ1n) is 7.96. The average Bonchev–Trinajstić information content (AvgIpc) is 2.57. The third-order valence-corrected chi connectivity index (χ3v) is 3.92. The Balaban J connectivity index is 2.20. The first-order valence-corrected chi connectivity index (χ1v) is 8.34. The minimum atomic E-state index is -0.198. The molecule has 0 spiro atoms. The Bertz CT molecular complexity index is 716. The number of hydrogen-bond acceptors (Lipinski definition) is 3. The monoisotopic (exact) mass is 347 g/mol. The summed E-state index contributed by atoms with van der Waals surface area (Å²) in [6, 6.07) is 10.8. The summed E-state index contributed by atoms with van der Waals surface area (Å²) in [4.78, 5) is 12.5. The zero-order valence-corrected chi connectivity index (χ0v) is 14.9. The number of aryl methyl sites for hydroxylation is 1.